The standard InChI is InChI=1S/C21H20F3N5OS/c1-31-28-15-6-3-13(4-7-15)18-12-26-20-19(25-9-2-10-30)27-16-11-14(21(22,23)24)5-8-17(16)29(18)20/h3-8,11-12,28,30H,2,9-10H2,1H3,(H,25,27). The van der Waals surface area contributed by atoms with Crippen molar-refractivity contribution in [3.63, 3.8) is 0 Å². The zero-order valence-electron chi connectivity index (χ0n) is 16.6. The quantitative estimate of drug-likeness (QED) is 0.272. The Hall–Kier alpha value is -2.98. The van der Waals surface area contributed by atoms with Gasteiger partial charge in [0.2, 0.25) is 0 Å². The van der Waals surface area contributed by atoms with Crippen LogP contribution >= 0.6 is 11.9 Å². The van der Waals surface area contributed by atoms with Gasteiger partial charge in [0, 0.05) is 30.7 Å². The van der Waals surface area contributed by atoms with Crippen LogP contribution in [-0.2, 0) is 6.18 Å². The Kier molecular flexibility index (Phi) is 5.92. The van der Waals surface area contributed by atoms with Gasteiger partial charge in [-0.05, 0) is 36.8 Å². The number of aromatic nitrogens is 3. The van der Waals surface area contributed by atoms with Gasteiger partial charge in [0.25, 0.3) is 0 Å². The third-order valence-electron chi connectivity index (χ3n) is 4.78. The number of rotatable bonds is 7. The van der Waals surface area contributed by atoms with Gasteiger partial charge in [0.05, 0.1) is 28.5 Å². The molecule has 0 saturated carbocycles. The lowest BCUT2D eigenvalue weighted by atomic mass is 10.1. The van der Waals surface area contributed by atoms with Gasteiger partial charge in [-0.3, -0.25) is 4.40 Å². The van der Waals surface area contributed by atoms with Crippen molar-refractivity contribution in [3.05, 3.63) is 54.2 Å². The summed E-state index contributed by atoms with van der Waals surface area (Å²) < 4.78 is 44.8. The lowest BCUT2D eigenvalue weighted by Crippen LogP contribution is -2.09. The molecular weight excluding hydrogens is 427 g/mol. The first-order chi connectivity index (χ1) is 14.9. The second-order valence-electron chi connectivity index (χ2n) is 6.85. The van der Waals surface area contributed by atoms with Gasteiger partial charge in [0.1, 0.15) is 0 Å². The molecule has 0 atom stereocenters. The molecule has 10 heteroatoms. The number of nitrogens with one attached hydrogen (secondary N) is 2. The van der Waals surface area contributed by atoms with E-state index in [4.69, 9.17) is 5.11 Å². The molecule has 0 fully saturated rings. The first-order valence-corrected chi connectivity index (χ1v) is 10.8. The first-order valence-electron chi connectivity index (χ1n) is 9.55. The topological polar surface area (TPSA) is 74.5 Å². The molecule has 2 aromatic carbocycles. The zero-order valence-corrected chi connectivity index (χ0v) is 17.4. The minimum Gasteiger partial charge on any atom is -0.396 e. The Morgan fingerprint density at radius 1 is 1.13 bits per heavy atom. The van der Waals surface area contributed by atoms with Crippen LogP contribution in [0.2, 0.25) is 0 Å². The van der Waals surface area contributed by atoms with Crippen molar-refractivity contribution < 1.29 is 18.3 Å². The Balaban J connectivity index is 1.91. The lowest BCUT2D eigenvalue weighted by molar-refractivity contribution is -0.137. The highest BCUT2D eigenvalue weighted by molar-refractivity contribution is 7.99. The number of imidazole rings is 1. The second-order valence-corrected chi connectivity index (χ2v) is 7.46. The van der Waals surface area contributed by atoms with E-state index in [9.17, 15) is 13.2 Å². The van der Waals surface area contributed by atoms with Crippen LogP contribution in [0.4, 0.5) is 24.7 Å². The highest BCUT2D eigenvalue weighted by atomic mass is 32.2. The maximum absolute atomic E-state index is 13.3. The van der Waals surface area contributed by atoms with Gasteiger partial charge in [-0.2, -0.15) is 13.2 Å². The number of anilines is 2. The number of nitrogens with zero attached hydrogens (tertiary/aromatic N) is 3. The smallest absolute Gasteiger partial charge is 0.396 e. The van der Waals surface area contributed by atoms with E-state index in [-0.39, 0.29) is 12.1 Å². The molecular formula is C21H20F3N5OS. The predicted octanol–water partition coefficient (Wildman–Crippen LogP) is 5.05. The molecule has 0 saturated heterocycles. The predicted molar refractivity (Wildman–Crippen MR) is 118 cm³/mol. The van der Waals surface area contributed by atoms with E-state index in [1.165, 1.54) is 18.0 Å². The maximum atomic E-state index is 13.3. The van der Waals surface area contributed by atoms with Gasteiger partial charge < -0.3 is 15.1 Å². The summed E-state index contributed by atoms with van der Waals surface area (Å²) in [6.45, 7) is 0.409. The van der Waals surface area contributed by atoms with Crippen molar-refractivity contribution in [2.75, 3.05) is 29.4 Å². The molecule has 31 heavy (non-hydrogen) atoms. The Morgan fingerprint density at radius 2 is 1.90 bits per heavy atom. The highest BCUT2D eigenvalue weighted by Crippen LogP contribution is 2.34. The van der Waals surface area contributed by atoms with E-state index >= 15 is 0 Å². The van der Waals surface area contributed by atoms with Crippen LogP contribution in [0.25, 0.3) is 27.9 Å². The summed E-state index contributed by atoms with van der Waals surface area (Å²) >= 11 is 1.48. The molecule has 0 aliphatic carbocycles. The third kappa shape index (κ3) is 4.26. The largest absolute Gasteiger partial charge is 0.416 e. The maximum Gasteiger partial charge on any atom is 0.416 e. The molecule has 162 valence electrons. The van der Waals surface area contributed by atoms with Crippen molar-refractivity contribution in [3.8, 4) is 11.3 Å². The van der Waals surface area contributed by atoms with Gasteiger partial charge in [-0.25, -0.2) is 9.97 Å². The molecule has 0 aliphatic rings. The minimum atomic E-state index is -4.47. The van der Waals surface area contributed by atoms with Crippen LogP contribution in [0, 0.1) is 0 Å². The fourth-order valence-corrected chi connectivity index (χ4v) is 3.72. The lowest BCUT2D eigenvalue weighted by Gasteiger charge is -2.13. The van der Waals surface area contributed by atoms with E-state index < -0.39 is 11.7 Å². The molecule has 2 aromatic heterocycles. The van der Waals surface area contributed by atoms with E-state index in [1.54, 1.807) is 10.6 Å². The summed E-state index contributed by atoms with van der Waals surface area (Å²) in [6, 6.07) is 11.2. The highest BCUT2D eigenvalue weighted by Gasteiger charge is 2.31. The Labute approximate surface area is 180 Å². The number of aliphatic hydroxyl groups is 1. The molecule has 0 unspecified atom stereocenters. The molecule has 6 nitrogen and oxygen atoms in total. The zero-order chi connectivity index (χ0) is 22.0. The van der Waals surface area contributed by atoms with E-state index in [0.717, 1.165) is 29.1 Å². The molecule has 0 radical (unpaired) electrons. The number of fused-ring (bicyclic) bond motifs is 3. The number of benzene rings is 2. The third-order valence-corrected chi connectivity index (χ3v) is 5.22. The minimum absolute atomic E-state index is 0.00872. The van der Waals surface area contributed by atoms with E-state index in [0.29, 0.717) is 29.9 Å². The van der Waals surface area contributed by atoms with Crippen molar-refractivity contribution in [1.82, 2.24) is 14.4 Å². The molecule has 3 N–H and O–H groups in total. The van der Waals surface area contributed by atoms with Crippen LogP contribution in [0.5, 0.6) is 0 Å². The molecule has 0 spiro atoms. The number of hydrogen-bond acceptors (Lipinski definition) is 6. The second kappa shape index (κ2) is 8.64. The van der Waals surface area contributed by atoms with Crippen LogP contribution in [0.15, 0.2) is 48.7 Å². The molecule has 0 amide bonds. The van der Waals surface area contributed by atoms with Crippen LogP contribution < -0.4 is 10.0 Å². The number of alkyl halides is 3. The van der Waals surface area contributed by atoms with Gasteiger partial charge in [-0.15, -0.1) is 0 Å². The molecule has 4 rings (SSSR count). The van der Waals surface area contributed by atoms with Gasteiger partial charge >= 0.3 is 6.18 Å². The van der Waals surface area contributed by atoms with E-state index in [1.807, 2.05) is 30.5 Å². The van der Waals surface area contributed by atoms with Crippen molar-refractivity contribution in [2.45, 2.75) is 12.6 Å². The van der Waals surface area contributed by atoms with Crippen LogP contribution in [0.1, 0.15) is 12.0 Å². The Bertz CT molecular complexity index is 1210. The summed E-state index contributed by atoms with van der Waals surface area (Å²) in [5.74, 6) is 0.368. The summed E-state index contributed by atoms with van der Waals surface area (Å²) in [6.07, 6.45) is -0.375. The van der Waals surface area contributed by atoms with Crippen LogP contribution in [-0.4, -0.2) is 38.9 Å². The number of halogens is 3. The van der Waals surface area contributed by atoms with Crippen molar-refractivity contribution >= 4 is 40.1 Å². The number of hydrogen-bond donors (Lipinski definition) is 3. The fourth-order valence-electron chi connectivity index (χ4n) is 3.35. The fraction of sp³-hybridized carbons (Fsp3) is 0.238. The van der Waals surface area contributed by atoms with Gasteiger partial charge in [-0.1, -0.05) is 24.1 Å². The van der Waals surface area contributed by atoms with Crippen LogP contribution in [0.3, 0.4) is 0 Å². The summed E-state index contributed by atoms with van der Waals surface area (Å²) in [7, 11) is 0. The number of aliphatic hydroxyl groups excluding tert-OH is 1. The summed E-state index contributed by atoms with van der Waals surface area (Å²) in [5, 5.41) is 12.1. The van der Waals surface area contributed by atoms with E-state index in [2.05, 4.69) is 20.0 Å². The summed E-state index contributed by atoms with van der Waals surface area (Å²) in [5.41, 5.74) is 3.02. The Morgan fingerprint density at radius 3 is 2.58 bits per heavy atom. The normalized spacial score (nSPS) is 11.9. The average molecular weight is 447 g/mol. The monoisotopic (exact) mass is 447 g/mol. The molecule has 0 aliphatic heterocycles. The van der Waals surface area contributed by atoms with Crippen molar-refractivity contribution in [2.24, 2.45) is 0 Å². The van der Waals surface area contributed by atoms with Gasteiger partial charge in [0.15, 0.2) is 11.5 Å². The molecule has 2 heterocycles. The molecule has 0 bridgehead atoms. The van der Waals surface area contributed by atoms with Crippen molar-refractivity contribution in [1.29, 1.82) is 0 Å². The SMILES string of the molecule is CSNc1ccc(-c2cnc3c(NCCCO)nc4cc(C(F)(F)F)ccc4n23)cc1. The first kappa shape index (κ1) is 21.3. The molecule has 4 aromatic rings. The summed E-state index contributed by atoms with van der Waals surface area (Å²) in [4.78, 5) is 8.89. The average Bonchev–Trinajstić information content (AvgIpc) is 3.19.